The molecule has 2 amide bonds. The standard InChI is InChI=1S/C32H47Cl2N3O4/c1-3-4-10-24-22-37(21-23-8-6-5-7-9-23)31(39)41-32(24)15-19-35(20-16-32)25-13-17-36(18-14-25)30(38)28-26(33)11-12-27(34)29(28)40-2/h11-12,23-25H,3-10,13-22H2,1-2H3. The molecular weight excluding hydrogens is 561 g/mol. The van der Waals surface area contributed by atoms with Crippen molar-refractivity contribution in [3.63, 3.8) is 0 Å². The molecule has 1 aliphatic carbocycles. The number of carbonyl (C=O) groups is 2. The molecule has 0 radical (unpaired) electrons. The number of rotatable bonds is 8. The van der Waals surface area contributed by atoms with Gasteiger partial charge in [-0.2, -0.15) is 0 Å². The Morgan fingerprint density at radius 2 is 1.71 bits per heavy atom. The molecular formula is C32H47Cl2N3O4. The summed E-state index contributed by atoms with van der Waals surface area (Å²) in [5, 5.41) is 0.742. The minimum absolute atomic E-state index is 0.0845. The largest absolute Gasteiger partial charge is 0.494 e. The lowest BCUT2D eigenvalue weighted by molar-refractivity contribution is -0.127. The lowest BCUT2D eigenvalue weighted by atomic mass is 9.75. The van der Waals surface area contributed by atoms with E-state index in [-0.39, 0.29) is 17.6 Å². The van der Waals surface area contributed by atoms with Crippen molar-refractivity contribution >= 4 is 35.2 Å². The van der Waals surface area contributed by atoms with Crippen LogP contribution in [-0.2, 0) is 4.74 Å². The highest BCUT2D eigenvalue weighted by atomic mass is 35.5. The van der Waals surface area contributed by atoms with Crippen molar-refractivity contribution in [1.29, 1.82) is 0 Å². The van der Waals surface area contributed by atoms with Gasteiger partial charge in [-0.3, -0.25) is 9.69 Å². The highest BCUT2D eigenvalue weighted by Crippen LogP contribution is 2.42. The zero-order chi connectivity index (χ0) is 29.0. The number of hydrogen-bond acceptors (Lipinski definition) is 5. The van der Waals surface area contributed by atoms with Gasteiger partial charge in [0.2, 0.25) is 0 Å². The van der Waals surface area contributed by atoms with Gasteiger partial charge in [0.25, 0.3) is 5.91 Å². The van der Waals surface area contributed by atoms with Crippen LogP contribution in [0, 0.1) is 11.8 Å². The van der Waals surface area contributed by atoms with Crippen molar-refractivity contribution in [3.8, 4) is 5.75 Å². The predicted octanol–water partition coefficient (Wildman–Crippen LogP) is 7.28. The number of piperidine rings is 2. The van der Waals surface area contributed by atoms with Crippen molar-refractivity contribution in [2.24, 2.45) is 11.8 Å². The number of benzene rings is 1. The molecule has 1 atom stereocenters. The lowest BCUT2D eigenvalue weighted by Crippen LogP contribution is -2.61. The summed E-state index contributed by atoms with van der Waals surface area (Å²) in [5.74, 6) is 1.25. The summed E-state index contributed by atoms with van der Waals surface area (Å²) in [6.45, 7) is 7.18. The van der Waals surface area contributed by atoms with Crippen molar-refractivity contribution < 1.29 is 19.1 Å². The molecule has 1 aromatic rings. The zero-order valence-electron chi connectivity index (χ0n) is 24.8. The number of hydrogen-bond donors (Lipinski definition) is 0. The Morgan fingerprint density at radius 3 is 2.37 bits per heavy atom. The first-order valence-corrected chi connectivity index (χ1v) is 16.6. The number of unbranched alkanes of at least 4 members (excludes halogenated alkanes) is 1. The minimum atomic E-state index is -0.331. The van der Waals surface area contributed by atoms with Crippen molar-refractivity contribution in [2.75, 3.05) is 46.4 Å². The fraction of sp³-hybridized carbons (Fsp3) is 0.750. The Balaban J connectivity index is 1.17. The molecule has 3 heterocycles. The second-order valence-corrected chi connectivity index (χ2v) is 13.5. The smallest absolute Gasteiger partial charge is 0.410 e. The van der Waals surface area contributed by atoms with Gasteiger partial charge in [-0.15, -0.1) is 0 Å². The van der Waals surface area contributed by atoms with E-state index in [1.54, 1.807) is 12.1 Å². The number of halogens is 2. The fourth-order valence-corrected chi connectivity index (χ4v) is 8.23. The van der Waals surface area contributed by atoms with Gasteiger partial charge in [0.1, 0.15) is 11.2 Å². The Labute approximate surface area is 255 Å². The molecule has 4 fully saturated rings. The second-order valence-electron chi connectivity index (χ2n) is 12.7. The number of likely N-dealkylation sites (tertiary alicyclic amines) is 2. The second kappa shape index (κ2) is 13.7. The maximum Gasteiger partial charge on any atom is 0.410 e. The van der Waals surface area contributed by atoms with Gasteiger partial charge in [-0.1, -0.05) is 62.2 Å². The Hall–Kier alpha value is -1.70. The van der Waals surface area contributed by atoms with Gasteiger partial charge in [0.15, 0.2) is 5.75 Å². The van der Waals surface area contributed by atoms with Crippen LogP contribution in [0.4, 0.5) is 4.79 Å². The van der Waals surface area contributed by atoms with Gasteiger partial charge < -0.3 is 19.3 Å². The van der Waals surface area contributed by atoms with Crippen LogP contribution < -0.4 is 4.74 Å². The summed E-state index contributed by atoms with van der Waals surface area (Å²) in [5.41, 5.74) is 0.0114. The molecule has 1 aromatic carbocycles. The van der Waals surface area contributed by atoms with Crippen LogP contribution in [0.2, 0.25) is 10.0 Å². The monoisotopic (exact) mass is 607 g/mol. The summed E-state index contributed by atoms with van der Waals surface area (Å²) in [4.78, 5) is 33.1. The number of carbonyl (C=O) groups excluding carboxylic acids is 2. The van der Waals surface area contributed by atoms with E-state index in [0.717, 1.165) is 58.3 Å². The van der Waals surface area contributed by atoms with E-state index in [1.807, 2.05) is 9.80 Å². The molecule has 9 heteroatoms. The van der Waals surface area contributed by atoms with Gasteiger partial charge in [0, 0.05) is 64.1 Å². The van der Waals surface area contributed by atoms with E-state index in [2.05, 4.69) is 11.8 Å². The highest BCUT2D eigenvalue weighted by Gasteiger charge is 2.50. The minimum Gasteiger partial charge on any atom is -0.494 e. The maximum absolute atomic E-state index is 13.4. The summed E-state index contributed by atoms with van der Waals surface area (Å²) in [6, 6.07) is 3.72. The van der Waals surface area contributed by atoms with Crippen LogP contribution in [0.15, 0.2) is 12.1 Å². The highest BCUT2D eigenvalue weighted by molar-refractivity contribution is 6.37. The third-order valence-electron chi connectivity index (χ3n) is 10.2. The number of ether oxygens (including phenoxy) is 2. The quantitative estimate of drug-likeness (QED) is 0.311. The van der Waals surface area contributed by atoms with Gasteiger partial charge in [-0.05, 0) is 50.2 Å². The van der Waals surface area contributed by atoms with Gasteiger partial charge in [-0.25, -0.2) is 4.79 Å². The molecule has 1 saturated carbocycles. The first-order valence-electron chi connectivity index (χ1n) is 15.9. The average Bonchev–Trinajstić information content (AvgIpc) is 2.99. The molecule has 3 aliphatic heterocycles. The lowest BCUT2D eigenvalue weighted by Gasteiger charge is -2.52. The predicted molar refractivity (Wildman–Crippen MR) is 163 cm³/mol. The molecule has 228 valence electrons. The topological polar surface area (TPSA) is 62.3 Å². The summed E-state index contributed by atoms with van der Waals surface area (Å²) in [7, 11) is 1.51. The zero-order valence-corrected chi connectivity index (χ0v) is 26.4. The van der Waals surface area contributed by atoms with E-state index in [9.17, 15) is 9.59 Å². The van der Waals surface area contributed by atoms with E-state index in [0.29, 0.717) is 52.3 Å². The molecule has 1 spiro atoms. The first kappa shape index (κ1) is 30.7. The first-order chi connectivity index (χ1) is 19.8. The van der Waals surface area contributed by atoms with Crippen LogP contribution in [0.3, 0.4) is 0 Å². The molecule has 3 saturated heterocycles. The van der Waals surface area contributed by atoms with E-state index in [1.165, 1.54) is 52.1 Å². The molecule has 1 unspecified atom stereocenters. The Morgan fingerprint density at radius 1 is 1.02 bits per heavy atom. The number of nitrogens with zero attached hydrogens (tertiary/aromatic N) is 3. The molecule has 4 aliphatic rings. The molecule has 5 rings (SSSR count). The Kier molecular flexibility index (Phi) is 10.3. The fourth-order valence-electron chi connectivity index (χ4n) is 7.77. The third-order valence-corrected chi connectivity index (χ3v) is 10.8. The van der Waals surface area contributed by atoms with Crippen LogP contribution in [0.25, 0.3) is 0 Å². The van der Waals surface area contributed by atoms with Crippen molar-refractivity contribution in [2.45, 2.75) is 95.6 Å². The molecule has 0 bridgehead atoms. The van der Waals surface area contributed by atoms with Crippen molar-refractivity contribution in [3.05, 3.63) is 27.7 Å². The average molecular weight is 609 g/mol. The van der Waals surface area contributed by atoms with E-state index in [4.69, 9.17) is 32.7 Å². The molecule has 41 heavy (non-hydrogen) atoms. The molecule has 0 aromatic heterocycles. The Bertz CT molecular complexity index is 1060. The van der Waals surface area contributed by atoms with Crippen LogP contribution in [0.5, 0.6) is 5.75 Å². The van der Waals surface area contributed by atoms with E-state index >= 15 is 0 Å². The van der Waals surface area contributed by atoms with Crippen LogP contribution >= 0.6 is 23.2 Å². The van der Waals surface area contributed by atoms with Crippen molar-refractivity contribution in [1.82, 2.24) is 14.7 Å². The summed E-state index contributed by atoms with van der Waals surface area (Å²) < 4.78 is 11.8. The number of amides is 2. The van der Waals surface area contributed by atoms with Crippen LogP contribution in [-0.4, -0.2) is 84.7 Å². The van der Waals surface area contributed by atoms with E-state index < -0.39 is 0 Å². The number of methoxy groups -OCH3 is 1. The normalized spacial score (nSPS) is 24.5. The SMILES string of the molecule is CCCCC1CN(CC2CCCCC2)C(=O)OC12CCN(C1CCN(C(=O)c3c(Cl)ccc(Cl)c3OC)CC1)CC2. The maximum atomic E-state index is 13.4. The van der Waals surface area contributed by atoms with Gasteiger partial charge in [0.05, 0.1) is 17.2 Å². The third kappa shape index (κ3) is 6.78. The molecule has 7 nitrogen and oxygen atoms in total. The molecule has 0 N–H and O–H groups in total. The summed E-state index contributed by atoms with van der Waals surface area (Å²) in [6.07, 6.45) is 13.4. The van der Waals surface area contributed by atoms with Crippen LogP contribution in [0.1, 0.15) is 94.3 Å². The van der Waals surface area contributed by atoms with Gasteiger partial charge >= 0.3 is 6.09 Å². The summed E-state index contributed by atoms with van der Waals surface area (Å²) >= 11 is 12.7.